The van der Waals surface area contributed by atoms with Gasteiger partial charge in [0, 0.05) is 18.3 Å². The van der Waals surface area contributed by atoms with Crippen LogP contribution in [0.5, 0.6) is 5.75 Å². The number of furan rings is 1. The van der Waals surface area contributed by atoms with Gasteiger partial charge in [0.1, 0.15) is 5.76 Å². The van der Waals surface area contributed by atoms with Gasteiger partial charge in [-0.2, -0.15) is 0 Å². The van der Waals surface area contributed by atoms with Crippen molar-refractivity contribution in [3.63, 3.8) is 0 Å². The topological polar surface area (TPSA) is 58.6 Å². The van der Waals surface area contributed by atoms with E-state index in [1.807, 2.05) is 23.6 Å². The van der Waals surface area contributed by atoms with E-state index in [0.717, 1.165) is 37.4 Å². The molecule has 0 aliphatic carbocycles. The molecule has 2 aromatic heterocycles. The fourth-order valence-corrected chi connectivity index (χ4v) is 2.70. The molecular weight excluding hydrogens is 292 g/mol. The molecule has 0 unspecified atom stereocenters. The van der Waals surface area contributed by atoms with Crippen LogP contribution >= 0.6 is 0 Å². The first-order chi connectivity index (χ1) is 11.1. The van der Waals surface area contributed by atoms with Gasteiger partial charge in [-0.25, -0.2) is 0 Å². The zero-order valence-electron chi connectivity index (χ0n) is 14.2. The van der Waals surface area contributed by atoms with Crippen LogP contribution in [0.15, 0.2) is 33.7 Å². The van der Waals surface area contributed by atoms with Crippen molar-refractivity contribution in [3.05, 3.63) is 51.8 Å². The van der Waals surface area contributed by atoms with Crippen molar-refractivity contribution in [1.82, 2.24) is 9.47 Å². The molecule has 0 spiro atoms. The fraction of sp³-hybridized carbons (Fsp3) is 0.500. The van der Waals surface area contributed by atoms with E-state index in [4.69, 9.17) is 4.42 Å². The van der Waals surface area contributed by atoms with E-state index >= 15 is 0 Å². The predicted octanol–water partition coefficient (Wildman–Crippen LogP) is 3.13. The van der Waals surface area contributed by atoms with E-state index in [1.54, 1.807) is 6.26 Å². The van der Waals surface area contributed by atoms with Crippen LogP contribution in [0.4, 0.5) is 0 Å². The molecule has 126 valence electrons. The molecule has 0 atom stereocenters. The fourth-order valence-electron chi connectivity index (χ4n) is 2.70. The highest BCUT2D eigenvalue weighted by atomic mass is 16.3. The van der Waals surface area contributed by atoms with Gasteiger partial charge >= 0.3 is 0 Å². The van der Waals surface area contributed by atoms with Crippen molar-refractivity contribution in [2.24, 2.45) is 0 Å². The van der Waals surface area contributed by atoms with Gasteiger partial charge in [0.2, 0.25) is 5.43 Å². The maximum absolute atomic E-state index is 12.0. The van der Waals surface area contributed by atoms with Gasteiger partial charge in [0.15, 0.2) is 5.75 Å². The lowest BCUT2D eigenvalue weighted by Gasteiger charge is -2.24. The number of aryl methyl sites for hydroxylation is 1. The second-order valence-corrected chi connectivity index (χ2v) is 5.83. The summed E-state index contributed by atoms with van der Waals surface area (Å²) in [6, 6.07) is 5.21. The quantitative estimate of drug-likeness (QED) is 0.812. The van der Waals surface area contributed by atoms with Crippen molar-refractivity contribution in [1.29, 1.82) is 0 Å². The maximum Gasteiger partial charge on any atom is 0.223 e. The van der Waals surface area contributed by atoms with Gasteiger partial charge in [-0.1, -0.05) is 20.3 Å². The molecule has 23 heavy (non-hydrogen) atoms. The smallest absolute Gasteiger partial charge is 0.223 e. The summed E-state index contributed by atoms with van der Waals surface area (Å²) in [5.74, 6) is 0.645. The second-order valence-electron chi connectivity index (χ2n) is 5.83. The van der Waals surface area contributed by atoms with Crippen LogP contribution in [0.3, 0.4) is 0 Å². The molecular formula is C18H26N2O3. The van der Waals surface area contributed by atoms with Crippen LogP contribution < -0.4 is 5.43 Å². The van der Waals surface area contributed by atoms with E-state index in [0.29, 0.717) is 18.8 Å². The highest BCUT2D eigenvalue weighted by molar-refractivity contribution is 5.30. The molecule has 0 aliphatic heterocycles. The first-order valence-corrected chi connectivity index (χ1v) is 8.23. The summed E-state index contributed by atoms with van der Waals surface area (Å²) in [5.41, 5.74) is 1.16. The van der Waals surface area contributed by atoms with Crippen LogP contribution in [0.1, 0.15) is 43.8 Å². The van der Waals surface area contributed by atoms with E-state index in [-0.39, 0.29) is 11.2 Å². The number of unbranched alkanes of at least 4 members (excludes halogenated alkanes) is 1. The molecule has 0 amide bonds. The Morgan fingerprint density at radius 3 is 2.74 bits per heavy atom. The lowest BCUT2D eigenvalue weighted by molar-refractivity contribution is 0.261. The SMILES string of the molecule is CCCCN(CC)Cc1c(O)c(=O)cc(C)n1Cc1ccco1. The maximum atomic E-state index is 12.0. The Kier molecular flexibility index (Phi) is 6.04. The minimum Gasteiger partial charge on any atom is -0.503 e. The highest BCUT2D eigenvalue weighted by Crippen LogP contribution is 2.19. The Morgan fingerprint density at radius 1 is 1.35 bits per heavy atom. The predicted molar refractivity (Wildman–Crippen MR) is 90.8 cm³/mol. The summed E-state index contributed by atoms with van der Waals surface area (Å²) in [6.45, 7) is 9.03. The number of nitrogens with zero attached hydrogens (tertiary/aromatic N) is 2. The summed E-state index contributed by atoms with van der Waals surface area (Å²) in [7, 11) is 0. The Labute approximate surface area is 137 Å². The molecule has 2 aromatic rings. The number of hydrogen-bond donors (Lipinski definition) is 1. The highest BCUT2D eigenvalue weighted by Gasteiger charge is 2.16. The zero-order valence-corrected chi connectivity index (χ0v) is 14.2. The average Bonchev–Trinajstić information content (AvgIpc) is 3.04. The van der Waals surface area contributed by atoms with Crippen molar-refractivity contribution >= 4 is 0 Å². The van der Waals surface area contributed by atoms with E-state index in [2.05, 4.69) is 18.7 Å². The number of hydrogen-bond acceptors (Lipinski definition) is 4. The van der Waals surface area contributed by atoms with Crippen molar-refractivity contribution in [3.8, 4) is 5.75 Å². The number of rotatable bonds is 8. The largest absolute Gasteiger partial charge is 0.503 e. The first-order valence-electron chi connectivity index (χ1n) is 8.23. The molecule has 1 N–H and O–H groups in total. The molecule has 0 fully saturated rings. The van der Waals surface area contributed by atoms with Gasteiger partial charge in [-0.15, -0.1) is 0 Å². The van der Waals surface area contributed by atoms with E-state index in [9.17, 15) is 9.90 Å². The molecule has 0 saturated carbocycles. The van der Waals surface area contributed by atoms with Crippen molar-refractivity contribution in [2.45, 2.75) is 46.7 Å². The Hall–Kier alpha value is -2.01. The number of pyridine rings is 1. The third kappa shape index (κ3) is 4.26. The monoisotopic (exact) mass is 318 g/mol. The first kappa shape index (κ1) is 17.3. The van der Waals surface area contributed by atoms with Crippen molar-refractivity contribution < 1.29 is 9.52 Å². The third-order valence-electron chi connectivity index (χ3n) is 4.14. The molecule has 2 heterocycles. The van der Waals surface area contributed by atoms with Crippen LogP contribution in [0.25, 0.3) is 0 Å². The van der Waals surface area contributed by atoms with Gasteiger partial charge in [0.25, 0.3) is 0 Å². The lowest BCUT2D eigenvalue weighted by Crippen LogP contribution is -2.28. The summed E-state index contributed by atoms with van der Waals surface area (Å²) in [4.78, 5) is 14.2. The molecule has 0 aromatic carbocycles. The average molecular weight is 318 g/mol. The zero-order chi connectivity index (χ0) is 16.8. The van der Waals surface area contributed by atoms with Gasteiger partial charge in [-0.05, 0) is 38.6 Å². The summed E-state index contributed by atoms with van der Waals surface area (Å²) in [6.07, 6.45) is 3.85. The Balaban J connectivity index is 2.36. The molecule has 0 radical (unpaired) electrons. The van der Waals surface area contributed by atoms with Gasteiger partial charge < -0.3 is 14.1 Å². The van der Waals surface area contributed by atoms with E-state index < -0.39 is 0 Å². The summed E-state index contributed by atoms with van der Waals surface area (Å²) >= 11 is 0. The van der Waals surface area contributed by atoms with Gasteiger partial charge in [-0.3, -0.25) is 9.69 Å². The lowest BCUT2D eigenvalue weighted by atomic mass is 10.2. The van der Waals surface area contributed by atoms with E-state index in [1.165, 1.54) is 6.07 Å². The minimum absolute atomic E-state index is 0.155. The normalized spacial score (nSPS) is 11.3. The molecule has 5 heteroatoms. The third-order valence-corrected chi connectivity index (χ3v) is 4.14. The molecule has 2 rings (SSSR count). The van der Waals surface area contributed by atoms with Crippen LogP contribution in [-0.4, -0.2) is 27.7 Å². The molecule has 5 nitrogen and oxygen atoms in total. The molecule has 0 saturated heterocycles. The van der Waals surface area contributed by atoms with Crippen LogP contribution in [-0.2, 0) is 13.1 Å². The Morgan fingerprint density at radius 2 is 2.13 bits per heavy atom. The van der Waals surface area contributed by atoms with Gasteiger partial charge in [0.05, 0.1) is 18.5 Å². The Bertz CT molecular complexity index is 674. The minimum atomic E-state index is -0.320. The van der Waals surface area contributed by atoms with Crippen LogP contribution in [0, 0.1) is 6.92 Å². The molecule has 0 aliphatic rings. The number of aromatic hydroxyl groups is 1. The standard InChI is InChI=1S/C18H26N2O3/c1-4-6-9-19(5-2)13-16-18(22)17(21)11-14(3)20(16)12-15-8-7-10-23-15/h7-8,10-11,22H,4-6,9,12-13H2,1-3H3. The van der Waals surface area contributed by atoms with Crippen molar-refractivity contribution in [2.75, 3.05) is 13.1 Å². The second kappa shape index (κ2) is 8.02. The number of aromatic nitrogens is 1. The summed E-state index contributed by atoms with van der Waals surface area (Å²) in [5, 5.41) is 10.3. The molecule has 0 bridgehead atoms. The van der Waals surface area contributed by atoms with Crippen LogP contribution in [0.2, 0.25) is 0 Å². The summed E-state index contributed by atoms with van der Waals surface area (Å²) < 4.78 is 7.38.